The first-order valence-electron chi connectivity index (χ1n) is 5.75. The van der Waals surface area contributed by atoms with Crippen molar-refractivity contribution in [3.05, 3.63) is 47.1 Å². The Hall–Kier alpha value is -2.19. The summed E-state index contributed by atoms with van der Waals surface area (Å²) in [6.07, 6.45) is 2.08. The van der Waals surface area contributed by atoms with Crippen molar-refractivity contribution in [3.8, 4) is 6.07 Å². The van der Waals surface area contributed by atoms with Gasteiger partial charge in [-0.2, -0.15) is 10.2 Å². The molecule has 0 bridgehead atoms. The molecule has 0 amide bonds. The lowest BCUT2D eigenvalue weighted by Gasteiger charge is -2.07. The SMILES string of the molecule is Cc1cc(C#N)ccc1CNCCc1ncon1. The molecule has 0 aliphatic rings. The molecule has 0 saturated heterocycles. The molecule has 0 radical (unpaired) electrons. The number of aromatic nitrogens is 2. The Balaban J connectivity index is 1.82. The third-order valence-corrected chi connectivity index (χ3v) is 2.72. The van der Waals surface area contributed by atoms with E-state index in [1.54, 1.807) is 0 Å². The van der Waals surface area contributed by atoms with Crippen LogP contribution in [0.1, 0.15) is 22.5 Å². The van der Waals surface area contributed by atoms with Crippen LogP contribution in [-0.2, 0) is 13.0 Å². The highest BCUT2D eigenvalue weighted by molar-refractivity contribution is 5.37. The van der Waals surface area contributed by atoms with Crippen LogP contribution in [0.5, 0.6) is 0 Å². The molecule has 1 N–H and O–H groups in total. The van der Waals surface area contributed by atoms with E-state index < -0.39 is 0 Å². The smallest absolute Gasteiger partial charge is 0.213 e. The number of benzene rings is 1. The van der Waals surface area contributed by atoms with Crippen molar-refractivity contribution in [2.24, 2.45) is 0 Å². The van der Waals surface area contributed by atoms with Crippen LogP contribution in [0.4, 0.5) is 0 Å². The van der Waals surface area contributed by atoms with Crippen LogP contribution in [0.25, 0.3) is 0 Å². The highest BCUT2D eigenvalue weighted by atomic mass is 16.5. The zero-order valence-electron chi connectivity index (χ0n) is 10.2. The summed E-state index contributed by atoms with van der Waals surface area (Å²) in [6, 6.07) is 7.85. The van der Waals surface area contributed by atoms with Gasteiger partial charge in [0.05, 0.1) is 11.6 Å². The molecular formula is C13H14N4O. The van der Waals surface area contributed by atoms with Gasteiger partial charge in [-0.05, 0) is 30.2 Å². The fourth-order valence-corrected chi connectivity index (χ4v) is 1.69. The van der Waals surface area contributed by atoms with Crippen molar-refractivity contribution in [2.75, 3.05) is 6.54 Å². The maximum atomic E-state index is 8.78. The summed E-state index contributed by atoms with van der Waals surface area (Å²) in [6.45, 7) is 3.57. The third-order valence-electron chi connectivity index (χ3n) is 2.72. The fraction of sp³-hybridized carbons (Fsp3) is 0.308. The van der Waals surface area contributed by atoms with Crippen LogP contribution in [0.3, 0.4) is 0 Å². The topological polar surface area (TPSA) is 74.7 Å². The summed E-state index contributed by atoms with van der Waals surface area (Å²) >= 11 is 0. The van der Waals surface area contributed by atoms with Gasteiger partial charge in [-0.1, -0.05) is 11.2 Å². The lowest BCUT2D eigenvalue weighted by molar-refractivity contribution is 0.409. The van der Waals surface area contributed by atoms with Crippen molar-refractivity contribution >= 4 is 0 Å². The molecule has 5 heteroatoms. The molecule has 92 valence electrons. The zero-order chi connectivity index (χ0) is 12.8. The molecule has 5 nitrogen and oxygen atoms in total. The van der Waals surface area contributed by atoms with E-state index in [2.05, 4.69) is 26.0 Å². The molecule has 2 aromatic rings. The molecule has 1 heterocycles. The van der Waals surface area contributed by atoms with Crippen molar-refractivity contribution < 1.29 is 4.52 Å². The first-order valence-corrected chi connectivity index (χ1v) is 5.75. The van der Waals surface area contributed by atoms with Crippen molar-refractivity contribution in [3.63, 3.8) is 0 Å². The summed E-state index contributed by atoms with van der Waals surface area (Å²) in [5.74, 6) is 0.707. The van der Waals surface area contributed by atoms with E-state index in [4.69, 9.17) is 5.26 Å². The number of nitriles is 1. The molecule has 0 spiro atoms. The minimum Gasteiger partial charge on any atom is -0.343 e. The van der Waals surface area contributed by atoms with Crippen molar-refractivity contribution in [2.45, 2.75) is 19.9 Å². The molecule has 0 atom stereocenters. The summed E-state index contributed by atoms with van der Waals surface area (Å²) in [5, 5.41) is 15.8. The van der Waals surface area contributed by atoms with Gasteiger partial charge in [-0.3, -0.25) is 0 Å². The second kappa shape index (κ2) is 5.94. The Morgan fingerprint density at radius 1 is 1.44 bits per heavy atom. The standard InChI is InChI=1S/C13H14N4O/c1-10-6-11(7-14)2-3-12(10)8-15-5-4-13-16-9-18-17-13/h2-3,6,9,15H,4-5,8H2,1H3. The van der Waals surface area contributed by atoms with E-state index in [1.807, 2.05) is 25.1 Å². The average Bonchev–Trinajstić information content (AvgIpc) is 2.89. The van der Waals surface area contributed by atoms with Gasteiger partial charge in [0.25, 0.3) is 0 Å². The van der Waals surface area contributed by atoms with Gasteiger partial charge < -0.3 is 9.84 Å². The molecule has 1 aromatic carbocycles. The van der Waals surface area contributed by atoms with Crippen LogP contribution in [0.15, 0.2) is 29.1 Å². The molecule has 0 fully saturated rings. The predicted octanol–water partition coefficient (Wildman–Crippen LogP) is 1.58. The maximum absolute atomic E-state index is 8.78. The number of nitrogens with zero attached hydrogens (tertiary/aromatic N) is 3. The Labute approximate surface area is 105 Å². The number of aryl methyl sites for hydroxylation is 1. The minimum atomic E-state index is 0.697. The largest absolute Gasteiger partial charge is 0.343 e. The van der Waals surface area contributed by atoms with E-state index in [-0.39, 0.29) is 0 Å². The summed E-state index contributed by atoms with van der Waals surface area (Å²) < 4.78 is 4.65. The first-order chi connectivity index (χ1) is 8.79. The summed E-state index contributed by atoms with van der Waals surface area (Å²) in [7, 11) is 0. The normalized spacial score (nSPS) is 10.2. The number of hydrogen-bond donors (Lipinski definition) is 1. The van der Waals surface area contributed by atoms with Crippen molar-refractivity contribution in [1.82, 2.24) is 15.5 Å². The maximum Gasteiger partial charge on any atom is 0.213 e. The average molecular weight is 242 g/mol. The molecule has 0 aliphatic heterocycles. The van der Waals surface area contributed by atoms with Crippen LogP contribution in [-0.4, -0.2) is 16.7 Å². The van der Waals surface area contributed by atoms with E-state index in [1.165, 1.54) is 12.0 Å². The first kappa shape index (κ1) is 12.3. The summed E-state index contributed by atoms with van der Waals surface area (Å²) in [5.41, 5.74) is 3.02. The van der Waals surface area contributed by atoms with Gasteiger partial charge in [-0.25, -0.2) is 0 Å². The molecule has 18 heavy (non-hydrogen) atoms. The Bertz CT molecular complexity index is 543. The summed E-state index contributed by atoms with van der Waals surface area (Å²) in [4.78, 5) is 3.95. The van der Waals surface area contributed by atoms with Crippen LogP contribution < -0.4 is 5.32 Å². The van der Waals surface area contributed by atoms with E-state index >= 15 is 0 Å². The Morgan fingerprint density at radius 2 is 2.33 bits per heavy atom. The second-order valence-corrected chi connectivity index (χ2v) is 4.03. The monoisotopic (exact) mass is 242 g/mol. The molecule has 0 unspecified atom stereocenters. The van der Waals surface area contributed by atoms with E-state index in [0.717, 1.165) is 25.1 Å². The lowest BCUT2D eigenvalue weighted by Crippen LogP contribution is -2.17. The van der Waals surface area contributed by atoms with Crippen molar-refractivity contribution in [1.29, 1.82) is 5.26 Å². The molecule has 1 aromatic heterocycles. The van der Waals surface area contributed by atoms with E-state index in [0.29, 0.717) is 11.4 Å². The lowest BCUT2D eigenvalue weighted by atomic mass is 10.1. The molecular weight excluding hydrogens is 228 g/mol. The Kier molecular flexibility index (Phi) is 4.05. The number of hydrogen-bond acceptors (Lipinski definition) is 5. The minimum absolute atomic E-state index is 0.697. The van der Waals surface area contributed by atoms with E-state index in [9.17, 15) is 0 Å². The predicted molar refractivity (Wildman–Crippen MR) is 65.6 cm³/mol. The van der Waals surface area contributed by atoms with Gasteiger partial charge in [-0.15, -0.1) is 0 Å². The van der Waals surface area contributed by atoms with Gasteiger partial charge in [0.1, 0.15) is 0 Å². The molecule has 0 saturated carbocycles. The van der Waals surface area contributed by atoms with Crippen LogP contribution >= 0.6 is 0 Å². The number of rotatable bonds is 5. The fourth-order valence-electron chi connectivity index (χ4n) is 1.69. The van der Waals surface area contributed by atoms with Crippen LogP contribution in [0.2, 0.25) is 0 Å². The zero-order valence-corrected chi connectivity index (χ0v) is 10.2. The van der Waals surface area contributed by atoms with Gasteiger partial charge in [0.2, 0.25) is 6.39 Å². The highest BCUT2D eigenvalue weighted by Crippen LogP contribution is 2.10. The van der Waals surface area contributed by atoms with Crippen LogP contribution in [0, 0.1) is 18.3 Å². The van der Waals surface area contributed by atoms with Gasteiger partial charge >= 0.3 is 0 Å². The molecule has 2 rings (SSSR count). The highest BCUT2D eigenvalue weighted by Gasteiger charge is 2.01. The molecule has 0 aliphatic carbocycles. The van der Waals surface area contributed by atoms with Gasteiger partial charge in [0, 0.05) is 19.5 Å². The quantitative estimate of drug-likeness (QED) is 0.806. The van der Waals surface area contributed by atoms with Gasteiger partial charge in [0.15, 0.2) is 5.82 Å². The Morgan fingerprint density at radius 3 is 3.00 bits per heavy atom. The second-order valence-electron chi connectivity index (χ2n) is 4.03. The third kappa shape index (κ3) is 3.15. The number of nitrogens with one attached hydrogen (secondary N) is 1.